The van der Waals surface area contributed by atoms with E-state index in [2.05, 4.69) is 4.98 Å². The van der Waals surface area contributed by atoms with E-state index in [-0.39, 0.29) is 0 Å². The molecule has 1 aliphatic heterocycles. The first-order valence-corrected chi connectivity index (χ1v) is 9.81. The van der Waals surface area contributed by atoms with Crippen LogP contribution in [-0.2, 0) is 23.2 Å². The maximum atomic E-state index is 12.9. The molecule has 0 radical (unpaired) electrons. The highest BCUT2D eigenvalue weighted by molar-refractivity contribution is 7.88. The Morgan fingerprint density at radius 1 is 1.12 bits per heavy atom. The van der Waals surface area contributed by atoms with E-state index in [0.717, 1.165) is 12.1 Å². The minimum atomic E-state index is -4.41. The van der Waals surface area contributed by atoms with Gasteiger partial charge in [0.15, 0.2) is 0 Å². The molecular weight excluding hydrogens is 369 g/mol. The number of sulfonamides is 1. The van der Waals surface area contributed by atoms with Gasteiger partial charge in [0.1, 0.15) is 0 Å². The average molecular weight is 388 g/mol. The number of benzene rings is 1. The van der Waals surface area contributed by atoms with Crippen LogP contribution in [-0.4, -0.2) is 54.7 Å². The van der Waals surface area contributed by atoms with Crippen molar-refractivity contribution >= 4 is 16.0 Å². The molecule has 2 aromatic rings. The lowest BCUT2D eigenvalue weighted by atomic mass is 10.1. The zero-order valence-electron chi connectivity index (χ0n) is 14.4. The Hall–Kier alpha value is -2.07. The average Bonchev–Trinajstić information content (AvgIpc) is 2.95. The summed E-state index contributed by atoms with van der Waals surface area (Å²) in [6.07, 6.45) is -1.56. The van der Waals surface area contributed by atoms with E-state index in [0.29, 0.717) is 43.4 Å². The summed E-state index contributed by atoms with van der Waals surface area (Å²) in [5, 5.41) is 0. The highest BCUT2D eigenvalue weighted by Gasteiger charge is 2.31. The van der Waals surface area contributed by atoms with Gasteiger partial charge < -0.3 is 9.47 Å². The molecule has 1 fully saturated rings. The zero-order chi connectivity index (χ0) is 19.1. The fourth-order valence-corrected chi connectivity index (χ4v) is 3.79. The topological polar surface area (TPSA) is 58.4 Å². The second kappa shape index (κ2) is 6.58. The van der Waals surface area contributed by atoms with Crippen LogP contribution >= 0.6 is 0 Å². The monoisotopic (exact) mass is 388 g/mol. The lowest BCUT2D eigenvalue weighted by Gasteiger charge is -2.33. The molecule has 1 saturated heterocycles. The van der Waals surface area contributed by atoms with E-state index >= 15 is 0 Å². The van der Waals surface area contributed by atoms with Crippen molar-refractivity contribution in [1.29, 1.82) is 0 Å². The molecule has 0 unspecified atom stereocenters. The third-order valence-electron chi connectivity index (χ3n) is 4.33. The summed E-state index contributed by atoms with van der Waals surface area (Å²) in [6, 6.07) is 5.05. The van der Waals surface area contributed by atoms with Crippen molar-refractivity contribution in [3.8, 4) is 11.3 Å². The molecule has 10 heteroatoms. The van der Waals surface area contributed by atoms with E-state index in [4.69, 9.17) is 0 Å². The van der Waals surface area contributed by atoms with Crippen LogP contribution in [0, 0.1) is 0 Å². The van der Waals surface area contributed by atoms with Crippen molar-refractivity contribution in [3.05, 3.63) is 36.0 Å². The summed E-state index contributed by atoms with van der Waals surface area (Å²) in [4.78, 5) is 6.40. The molecule has 26 heavy (non-hydrogen) atoms. The number of aromatic nitrogens is 2. The quantitative estimate of drug-likeness (QED) is 0.809. The minimum Gasteiger partial charge on any atom is -0.340 e. The van der Waals surface area contributed by atoms with E-state index in [1.807, 2.05) is 4.90 Å². The lowest BCUT2D eigenvalue weighted by Crippen LogP contribution is -2.49. The third kappa shape index (κ3) is 3.85. The van der Waals surface area contributed by atoms with Crippen LogP contribution in [0.2, 0.25) is 0 Å². The number of nitrogens with zero attached hydrogens (tertiary/aromatic N) is 4. The number of rotatable bonds is 3. The molecule has 2 heterocycles. The first-order chi connectivity index (χ1) is 12.1. The van der Waals surface area contributed by atoms with Gasteiger partial charge in [0, 0.05) is 45.0 Å². The van der Waals surface area contributed by atoms with E-state index in [1.54, 1.807) is 23.9 Å². The Labute approximate surface area is 149 Å². The fourth-order valence-electron chi connectivity index (χ4n) is 2.96. The zero-order valence-corrected chi connectivity index (χ0v) is 15.2. The van der Waals surface area contributed by atoms with Gasteiger partial charge >= 0.3 is 6.18 Å². The van der Waals surface area contributed by atoms with Gasteiger partial charge in [-0.1, -0.05) is 12.1 Å². The largest absolute Gasteiger partial charge is 0.416 e. The number of anilines is 1. The van der Waals surface area contributed by atoms with Gasteiger partial charge in [-0.3, -0.25) is 0 Å². The number of hydrogen-bond donors (Lipinski definition) is 0. The molecule has 0 spiro atoms. The van der Waals surface area contributed by atoms with Gasteiger partial charge in [-0.25, -0.2) is 13.4 Å². The van der Waals surface area contributed by atoms with Crippen LogP contribution < -0.4 is 4.90 Å². The smallest absolute Gasteiger partial charge is 0.340 e. The molecule has 0 N–H and O–H groups in total. The van der Waals surface area contributed by atoms with Crippen LogP contribution in [0.4, 0.5) is 19.1 Å². The van der Waals surface area contributed by atoms with Gasteiger partial charge in [0.2, 0.25) is 16.0 Å². The Balaban J connectivity index is 1.83. The lowest BCUT2D eigenvalue weighted by molar-refractivity contribution is -0.137. The van der Waals surface area contributed by atoms with Crippen molar-refractivity contribution < 1.29 is 21.6 Å². The maximum absolute atomic E-state index is 12.9. The van der Waals surface area contributed by atoms with E-state index < -0.39 is 21.8 Å². The summed E-state index contributed by atoms with van der Waals surface area (Å²) in [5.74, 6) is 0.602. The molecule has 0 amide bonds. The standard InChI is InChI=1S/C16H19F3N4O2S/c1-21-11-14(12-4-3-5-13(10-12)16(17,18)19)20-15(21)22-6-8-23(9-7-22)26(2,24)25/h3-5,10-11H,6-9H2,1-2H3. The van der Waals surface area contributed by atoms with Crippen LogP contribution in [0.5, 0.6) is 0 Å². The molecule has 0 saturated carbocycles. The van der Waals surface area contributed by atoms with Crippen LogP contribution in [0.25, 0.3) is 11.3 Å². The van der Waals surface area contributed by atoms with Crippen LogP contribution in [0.3, 0.4) is 0 Å². The Morgan fingerprint density at radius 2 is 1.77 bits per heavy atom. The number of alkyl halides is 3. The molecule has 1 aromatic heterocycles. The summed E-state index contributed by atoms with van der Waals surface area (Å²) < 4.78 is 65.0. The Kier molecular flexibility index (Phi) is 4.74. The minimum absolute atomic E-state index is 0.352. The Morgan fingerprint density at radius 3 is 2.35 bits per heavy atom. The first kappa shape index (κ1) is 18.7. The van der Waals surface area contributed by atoms with E-state index in [9.17, 15) is 21.6 Å². The van der Waals surface area contributed by atoms with Crippen molar-refractivity contribution in [2.75, 3.05) is 37.3 Å². The summed E-state index contributed by atoms with van der Waals surface area (Å²) >= 11 is 0. The normalized spacial score (nSPS) is 16.9. The summed E-state index contributed by atoms with van der Waals surface area (Å²) in [7, 11) is -1.46. The summed E-state index contributed by atoms with van der Waals surface area (Å²) in [5.41, 5.74) is 0.111. The van der Waals surface area contributed by atoms with Gasteiger partial charge in [0.05, 0.1) is 17.5 Å². The highest BCUT2D eigenvalue weighted by Crippen LogP contribution is 2.32. The van der Waals surface area contributed by atoms with Gasteiger partial charge in [-0.2, -0.15) is 17.5 Å². The first-order valence-electron chi connectivity index (χ1n) is 7.97. The van der Waals surface area contributed by atoms with Crippen molar-refractivity contribution in [3.63, 3.8) is 0 Å². The number of piperazine rings is 1. The second-order valence-corrected chi connectivity index (χ2v) is 8.25. The van der Waals surface area contributed by atoms with Crippen LogP contribution in [0.15, 0.2) is 30.5 Å². The van der Waals surface area contributed by atoms with Crippen molar-refractivity contribution in [1.82, 2.24) is 13.9 Å². The molecule has 6 nitrogen and oxygen atoms in total. The molecule has 3 rings (SSSR count). The number of imidazole rings is 1. The third-order valence-corrected chi connectivity index (χ3v) is 5.63. The van der Waals surface area contributed by atoms with Gasteiger partial charge in [-0.15, -0.1) is 0 Å². The maximum Gasteiger partial charge on any atom is 0.416 e. The predicted molar refractivity (Wildman–Crippen MR) is 92.3 cm³/mol. The van der Waals surface area contributed by atoms with Gasteiger partial charge in [-0.05, 0) is 12.1 Å². The number of halogens is 3. The second-order valence-electron chi connectivity index (χ2n) is 6.26. The van der Waals surface area contributed by atoms with Crippen molar-refractivity contribution in [2.45, 2.75) is 6.18 Å². The molecule has 1 aliphatic rings. The molecule has 142 valence electrons. The molecular formula is C16H19F3N4O2S. The SMILES string of the molecule is Cn1cc(-c2cccc(C(F)(F)F)c2)nc1N1CCN(S(C)(=O)=O)CC1. The summed E-state index contributed by atoms with van der Waals surface area (Å²) in [6.45, 7) is 1.65. The predicted octanol–water partition coefficient (Wildman–Crippen LogP) is 2.19. The molecule has 0 aliphatic carbocycles. The molecule has 1 aromatic carbocycles. The number of aryl methyl sites for hydroxylation is 1. The fraction of sp³-hybridized carbons (Fsp3) is 0.438. The Bertz CT molecular complexity index is 900. The molecule has 0 atom stereocenters. The van der Waals surface area contributed by atoms with Gasteiger partial charge in [0.25, 0.3) is 0 Å². The number of hydrogen-bond acceptors (Lipinski definition) is 4. The molecule has 0 bridgehead atoms. The highest BCUT2D eigenvalue weighted by atomic mass is 32.2. The van der Waals surface area contributed by atoms with E-state index in [1.165, 1.54) is 16.6 Å². The van der Waals surface area contributed by atoms with Crippen LogP contribution in [0.1, 0.15) is 5.56 Å². The van der Waals surface area contributed by atoms with Crippen molar-refractivity contribution in [2.24, 2.45) is 7.05 Å².